The van der Waals surface area contributed by atoms with Crippen molar-refractivity contribution in [2.45, 2.75) is 13.0 Å². The number of thiazole rings is 1. The highest BCUT2D eigenvalue weighted by atomic mass is 79.9. The standard InChI is InChI=1S/C31H24BrN3O6S/c1-4-41-30(38)24-25(16-8-6-5-7-9-16)34-31-35(26(24)17-10-13-21(39-2)22(14-17)40-3)29(37)27(42-31)23-19-15-18(32)11-12-20(19)33-28(23)36/h5-15,26H,4H2,1-3H3,(H,33,36)/b27-23-/t26-/m0/s1. The molecule has 2 aliphatic heterocycles. The number of aromatic nitrogens is 1. The highest BCUT2D eigenvalue weighted by molar-refractivity contribution is 9.10. The molecule has 1 aromatic heterocycles. The molecule has 0 bridgehead atoms. The number of fused-ring (bicyclic) bond motifs is 2. The number of nitrogens with one attached hydrogen (secondary N) is 1. The van der Waals surface area contributed by atoms with E-state index in [9.17, 15) is 14.4 Å². The summed E-state index contributed by atoms with van der Waals surface area (Å²) in [5.74, 6) is -0.0735. The Labute approximate surface area is 252 Å². The van der Waals surface area contributed by atoms with Gasteiger partial charge in [-0.3, -0.25) is 14.2 Å². The summed E-state index contributed by atoms with van der Waals surface area (Å²) in [7, 11) is 3.04. The van der Waals surface area contributed by atoms with Crippen molar-refractivity contribution in [1.82, 2.24) is 4.57 Å². The molecule has 212 valence electrons. The van der Waals surface area contributed by atoms with E-state index in [0.29, 0.717) is 44.4 Å². The number of esters is 1. The molecular formula is C31H24BrN3O6S. The number of methoxy groups -OCH3 is 2. The first-order valence-electron chi connectivity index (χ1n) is 13.0. The van der Waals surface area contributed by atoms with Crippen molar-refractivity contribution in [3.05, 3.63) is 113 Å². The number of anilines is 1. The van der Waals surface area contributed by atoms with E-state index in [-0.39, 0.29) is 28.2 Å². The Bertz CT molecular complexity index is 1980. The monoisotopic (exact) mass is 645 g/mol. The van der Waals surface area contributed by atoms with Crippen LogP contribution >= 0.6 is 27.3 Å². The van der Waals surface area contributed by atoms with Crippen LogP contribution in [0, 0.1) is 0 Å². The summed E-state index contributed by atoms with van der Waals surface area (Å²) in [5.41, 5.74) is 2.85. The minimum Gasteiger partial charge on any atom is -0.493 e. The molecule has 0 fully saturated rings. The molecule has 1 N–H and O–H groups in total. The van der Waals surface area contributed by atoms with Crippen LogP contribution in [-0.2, 0) is 14.3 Å². The number of carbonyl (C=O) groups excluding carboxylic acids is 2. The number of hydrogen-bond donors (Lipinski definition) is 1. The van der Waals surface area contributed by atoms with Gasteiger partial charge in [-0.05, 0) is 42.8 Å². The fraction of sp³-hybridized carbons (Fsp3) is 0.161. The number of halogens is 1. The Morgan fingerprint density at radius 2 is 1.79 bits per heavy atom. The summed E-state index contributed by atoms with van der Waals surface area (Å²) in [5, 5.41) is 2.85. The summed E-state index contributed by atoms with van der Waals surface area (Å²) in [4.78, 5) is 46.4. The summed E-state index contributed by atoms with van der Waals surface area (Å²) >= 11 is 4.57. The van der Waals surface area contributed by atoms with Crippen molar-refractivity contribution in [3.63, 3.8) is 0 Å². The first-order valence-corrected chi connectivity index (χ1v) is 14.6. The zero-order valence-electron chi connectivity index (χ0n) is 22.8. The van der Waals surface area contributed by atoms with E-state index in [2.05, 4.69) is 21.2 Å². The normalized spacial score (nSPS) is 16.8. The van der Waals surface area contributed by atoms with Crippen LogP contribution in [0.2, 0.25) is 0 Å². The van der Waals surface area contributed by atoms with Gasteiger partial charge >= 0.3 is 5.97 Å². The van der Waals surface area contributed by atoms with Gasteiger partial charge in [0.25, 0.3) is 11.5 Å². The van der Waals surface area contributed by atoms with Crippen molar-refractivity contribution in [2.24, 2.45) is 4.99 Å². The number of amides is 1. The third-order valence-electron chi connectivity index (χ3n) is 7.03. The number of ether oxygens (including phenoxy) is 3. The van der Waals surface area contributed by atoms with Gasteiger partial charge in [0.15, 0.2) is 16.3 Å². The van der Waals surface area contributed by atoms with Crippen LogP contribution in [0.15, 0.2) is 86.6 Å². The molecule has 0 saturated heterocycles. The number of rotatable bonds is 6. The molecule has 0 spiro atoms. The maximum absolute atomic E-state index is 14.3. The molecule has 0 radical (unpaired) electrons. The van der Waals surface area contributed by atoms with Gasteiger partial charge in [0.1, 0.15) is 4.53 Å². The molecule has 1 atom stereocenters. The topological polar surface area (TPSA) is 108 Å². The van der Waals surface area contributed by atoms with Crippen LogP contribution in [0.5, 0.6) is 11.5 Å². The van der Waals surface area contributed by atoms with Crippen LogP contribution in [0.1, 0.15) is 29.7 Å². The Hall–Kier alpha value is -4.48. The van der Waals surface area contributed by atoms with Crippen molar-refractivity contribution < 1.29 is 23.8 Å². The third-order valence-corrected chi connectivity index (χ3v) is 8.57. The van der Waals surface area contributed by atoms with Crippen molar-refractivity contribution in [3.8, 4) is 11.5 Å². The molecule has 1 amide bonds. The maximum Gasteiger partial charge on any atom is 0.338 e. The Morgan fingerprint density at radius 3 is 2.50 bits per heavy atom. The summed E-state index contributed by atoms with van der Waals surface area (Å²) in [6.07, 6.45) is 0. The van der Waals surface area contributed by atoms with Crippen LogP contribution < -0.4 is 29.7 Å². The van der Waals surface area contributed by atoms with Crippen LogP contribution in [0.3, 0.4) is 0 Å². The number of benzene rings is 3. The molecule has 4 aromatic rings. The smallest absolute Gasteiger partial charge is 0.338 e. The predicted molar refractivity (Wildman–Crippen MR) is 162 cm³/mol. The van der Waals surface area contributed by atoms with Gasteiger partial charge in [-0.2, -0.15) is 0 Å². The van der Waals surface area contributed by atoms with Gasteiger partial charge in [0, 0.05) is 21.3 Å². The fourth-order valence-electron chi connectivity index (χ4n) is 5.19. The molecule has 11 heteroatoms. The Kier molecular flexibility index (Phi) is 7.29. The second kappa shape index (κ2) is 11.1. The van der Waals surface area contributed by atoms with Gasteiger partial charge < -0.3 is 19.5 Å². The lowest BCUT2D eigenvalue weighted by Gasteiger charge is -2.26. The molecule has 3 aromatic carbocycles. The van der Waals surface area contributed by atoms with Crippen LogP contribution in [-0.4, -0.2) is 37.3 Å². The van der Waals surface area contributed by atoms with E-state index in [1.165, 1.54) is 18.8 Å². The molecule has 3 heterocycles. The van der Waals surface area contributed by atoms with Gasteiger partial charge in [-0.25, -0.2) is 9.79 Å². The Balaban J connectivity index is 1.72. The van der Waals surface area contributed by atoms with E-state index >= 15 is 0 Å². The lowest BCUT2D eigenvalue weighted by atomic mass is 9.93. The predicted octanol–water partition coefficient (Wildman–Crippen LogP) is 4.04. The average molecular weight is 647 g/mol. The van der Waals surface area contributed by atoms with Gasteiger partial charge in [0.05, 0.1) is 43.7 Å². The van der Waals surface area contributed by atoms with Gasteiger partial charge in [-0.1, -0.05) is 63.7 Å². The molecule has 0 saturated carbocycles. The lowest BCUT2D eigenvalue weighted by Crippen LogP contribution is -2.40. The van der Waals surface area contributed by atoms with Gasteiger partial charge in [-0.15, -0.1) is 0 Å². The second-order valence-corrected chi connectivity index (χ2v) is 11.3. The molecular weight excluding hydrogens is 622 g/mol. The molecule has 42 heavy (non-hydrogen) atoms. The van der Waals surface area contributed by atoms with Gasteiger partial charge in [0.2, 0.25) is 0 Å². The minimum absolute atomic E-state index is 0.128. The highest BCUT2D eigenvalue weighted by Crippen LogP contribution is 2.39. The van der Waals surface area contributed by atoms with Crippen LogP contribution in [0.25, 0.3) is 11.3 Å². The molecule has 9 nitrogen and oxygen atoms in total. The quantitative estimate of drug-likeness (QED) is 0.317. The second-order valence-electron chi connectivity index (χ2n) is 9.39. The number of carbonyl (C=O) groups is 2. The summed E-state index contributed by atoms with van der Waals surface area (Å²) in [6.45, 7) is 1.85. The molecule has 0 aliphatic carbocycles. The van der Waals surface area contributed by atoms with E-state index in [4.69, 9.17) is 19.2 Å². The first-order chi connectivity index (χ1) is 20.4. The maximum atomic E-state index is 14.3. The van der Waals surface area contributed by atoms with Crippen molar-refractivity contribution >= 4 is 56.1 Å². The average Bonchev–Trinajstić information content (AvgIpc) is 3.50. The third kappa shape index (κ3) is 4.54. The fourth-order valence-corrected chi connectivity index (χ4v) is 6.65. The summed E-state index contributed by atoms with van der Waals surface area (Å²) < 4.78 is 19.0. The zero-order valence-corrected chi connectivity index (χ0v) is 25.2. The van der Waals surface area contributed by atoms with Crippen molar-refractivity contribution in [1.29, 1.82) is 0 Å². The first kappa shape index (κ1) is 27.7. The molecule has 2 aliphatic rings. The van der Waals surface area contributed by atoms with E-state index in [1.807, 2.05) is 36.4 Å². The van der Waals surface area contributed by atoms with Crippen LogP contribution in [0.4, 0.5) is 5.69 Å². The largest absolute Gasteiger partial charge is 0.493 e. The number of nitrogens with zero attached hydrogens (tertiary/aromatic N) is 2. The number of hydrogen-bond acceptors (Lipinski definition) is 8. The Morgan fingerprint density at radius 1 is 1.02 bits per heavy atom. The van der Waals surface area contributed by atoms with Crippen molar-refractivity contribution in [2.75, 3.05) is 26.1 Å². The highest BCUT2D eigenvalue weighted by Gasteiger charge is 2.37. The van der Waals surface area contributed by atoms with E-state index in [1.54, 1.807) is 37.3 Å². The SMILES string of the molecule is CCOC(=O)C1=C(c2ccccc2)N=c2s/c(=C3\C(=O)Nc4ccc(Br)cc43)c(=O)n2[C@H]1c1ccc(OC)c(OC)c1. The lowest BCUT2D eigenvalue weighted by molar-refractivity contribution is -0.138. The van der Waals surface area contributed by atoms with E-state index < -0.39 is 17.6 Å². The summed E-state index contributed by atoms with van der Waals surface area (Å²) in [6, 6.07) is 18.9. The zero-order chi connectivity index (χ0) is 29.5. The molecule has 0 unspecified atom stereocenters. The molecule has 6 rings (SSSR count). The minimum atomic E-state index is -0.934. The van der Waals surface area contributed by atoms with E-state index in [0.717, 1.165) is 15.8 Å².